The highest BCUT2D eigenvalue weighted by Crippen LogP contribution is 2.15. The zero-order valence-corrected chi connectivity index (χ0v) is 30.7. The molecule has 0 unspecified atom stereocenters. The van der Waals surface area contributed by atoms with Crippen molar-refractivity contribution < 1.29 is 56.0 Å². The maximum atomic E-state index is 12.5. The van der Waals surface area contributed by atoms with Gasteiger partial charge in [-0.1, -0.05) is 41.7 Å². The van der Waals surface area contributed by atoms with Gasteiger partial charge in [0.15, 0.2) is 15.6 Å². The number of nitrogens with one attached hydrogen (secondary N) is 1. The van der Waals surface area contributed by atoms with Crippen molar-refractivity contribution in [1.29, 1.82) is 0 Å². The Balaban J connectivity index is 0.000000813. The second kappa shape index (κ2) is 30.9. The fraction of sp³-hybridized carbons (Fsp3) is 0.514. The topological polar surface area (TPSA) is 180 Å². The van der Waals surface area contributed by atoms with E-state index in [0.717, 1.165) is 5.56 Å². The predicted molar refractivity (Wildman–Crippen MR) is 194 cm³/mol. The summed E-state index contributed by atoms with van der Waals surface area (Å²) in [6.45, 7) is 8.67. The largest absolute Gasteiger partial charge is 0.377 e. The van der Waals surface area contributed by atoms with E-state index in [1.807, 2.05) is 6.92 Å². The van der Waals surface area contributed by atoms with E-state index in [1.54, 1.807) is 24.3 Å². The lowest BCUT2D eigenvalue weighted by molar-refractivity contribution is 0.00107. The summed E-state index contributed by atoms with van der Waals surface area (Å²) in [7, 11) is -3.55. The second-order valence-corrected chi connectivity index (χ2v) is 12.7. The number of benzene rings is 2. The van der Waals surface area contributed by atoms with Gasteiger partial charge < -0.3 is 43.3 Å². The van der Waals surface area contributed by atoms with Crippen LogP contribution in [0, 0.1) is 31.6 Å². The van der Waals surface area contributed by atoms with E-state index in [0.29, 0.717) is 110 Å². The molecule has 2 aromatic rings. The van der Waals surface area contributed by atoms with Crippen LogP contribution in [0.2, 0.25) is 0 Å². The number of carbonyl (C=O) groups excluding carboxylic acids is 2. The number of Topliss-reactive ketones (excluding diaryl/α,β-unsaturated/α-hetero) is 1. The summed E-state index contributed by atoms with van der Waals surface area (Å²) < 4.78 is 61.4. The van der Waals surface area contributed by atoms with Crippen LogP contribution in [0.25, 0.3) is 0 Å². The summed E-state index contributed by atoms with van der Waals surface area (Å²) in [6.07, 6.45) is 9.90. The van der Waals surface area contributed by atoms with E-state index in [1.165, 1.54) is 24.3 Å². The molecule has 2 rings (SSSR count). The van der Waals surface area contributed by atoms with Gasteiger partial charge in [0.2, 0.25) is 0 Å². The molecule has 0 aliphatic heterocycles. The Morgan fingerprint density at radius 3 is 1.52 bits per heavy atom. The molecule has 2 aromatic carbocycles. The molecule has 0 radical (unpaired) electrons. The van der Waals surface area contributed by atoms with Crippen molar-refractivity contribution in [2.24, 2.45) is 5.90 Å². The Morgan fingerprint density at radius 1 is 0.635 bits per heavy atom. The number of nitrogens with two attached hydrogens (primary N) is 1. The molecular formula is C37H52N2O12S. The molecule has 1 amide bonds. The molecule has 0 atom stereocenters. The second-order valence-electron chi connectivity index (χ2n) is 10.6. The summed E-state index contributed by atoms with van der Waals surface area (Å²) in [4.78, 5) is 29.3. The average Bonchev–Trinajstić information content (AvgIpc) is 3.15. The molecular weight excluding hydrogens is 696 g/mol. The van der Waals surface area contributed by atoms with Gasteiger partial charge in [-0.05, 0) is 31.2 Å². The van der Waals surface area contributed by atoms with Gasteiger partial charge >= 0.3 is 0 Å². The fourth-order valence-corrected chi connectivity index (χ4v) is 5.09. The summed E-state index contributed by atoms with van der Waals surface area (Å²) in [5.41, 5.74) is 1.70. The van der Waals surface area contributed by atoms with Crippen molar-refractivity contribution in [1.82, 2.24) is 5.32 Å². The zero-order chi connectivity index (χ0) is 38.1. The monoisotopic (exact) mass is 748 g/mol. The Labute approximate surface area is 307 Å². The molecule has 0 heterocycles. The molecule has 0 saturated carbocycles. The quantitative estimate of drug-likeness (QED) is 0.0535. The SMILES string of the molecule is C#CCOCCOCCOCCOCCNC(=O)c1ccc(C(=O)CCS(=O)(=O)c2ccc(C)cc2)cc1.C#CCOCCOCCOCCON. The van der Waals surface area contributed by atoms with E-state index in [4.69, 9.17) is 51.9 Å². The van der Waals surface area contributed by atoms with Gasteiger partial charge in [-0.2, -0.15) is 0 Å². The molecule has 0 spiro atoms. The van der Waals surface area contributed by atoms with Gasteiger partial charge in [-0.15, -0.1) is 12.8 Å². The molecule has 14 nitrogen and oxygen atoms in total. The van der Waals surface area contributed by atoms with Crippen LogP contribution >= 0.6 is 0 Å². The van der Waals surface area contributed by atoms with E-state index in [2.05, 4.69) is 22.0 Å². The molecule has 0 fully saturated rings. The number of hydrogen-bond acceptors (Lipinski definition) is 13. The van der Waals surface area contributed by atoms with E-state index >= 15 is 0 Å². The van der Waals surface area contributed by atoms with Gasteiger partial charge in [0.05, 0.1) is 96.5 Å². The van der Waals surface area contributed by atoms with Crippen LogP contribution in [-0.4, -0.2) is 132 Å². The number of carbonyl (C=O) groups is 2. The lowest BCUT2D eigenvalue weighted by Gasteiger charge is -2.08. The molecule has 0 bridgehead atoms. The predicted octanol–water partition coefficient (Wildman–Crippen LogP) is 2.03. The van der Waals surface area contributed by atoms with E-state index in [-0.39, 0.29) is 35.4 Å². The van der Waals surface area contributed by atoms with Crippen LogP contribution in [0.5, 0.6) is 0 Å². The van der Waals surface area contributed by atoms with E-state index in [9.17, 15) is 18.0 Å². The van der Waals surface area contributed by atoms with Crippen molar-refractivity contribution in [2.45, 2.75) is 18.2 Å². The third-order valence-corrected chi connectivity index (χ3v) is 8.29. The molecule has 0 aromatic heterocycles. The highest BCUT2D eigenvalue weighted by molar-refractivity contribution is 7.91. The highest BCUT2D eigenvalue weighted by Gasteiger charge is 2.17. The van der Waals surface area contributed by atoms with Crippen molar-refractivity contribution in [3.8, 4) is 24.7 Å². The van der Waals surface area contributed by atoms with Crippen LogP contribution in [0.15, 0.2) is 53.4 Å². The molecule has 15 heteroatoms. The minimum atomic E-state index is -3.55. The van der Waals surface area contributed by atoms with Crippen molar-refractivity contribution in [2.75, 3.05) is 111 Å². The van der Waals surface area contributed by atoms with Crippen LogP contribution in [0.4, 0.5) is 0 Å². The number of hydrogen-bond donors (Lipinski definition) is 2. The van der Waals surface area contributed by atoms with Gasteiger partial charge in [0.25, 0.3) is 5.91 Å². The number of sulfone groups is 1. The molecule has 0 aliphatic carbocycles. The van der Waals surface area contributed by atoms with Crippen molar-refractivity contribution in [3.63, 3.8) is 0 Å². The van der Waals surface area contributed by atoms with Crippen LogP contribution in [0.1, 0.15) is 32.7 Å². The van der Waals surface area contributed by atoms with Crippen LogP contribution < -0.4 is 11.2 Å². The van der Waals surface area contributed by atoms with Crippen LogP contribution in [0.3, 0.4) is 0 Å². The lowest BCUT2D eigenvalue weighted by Crippen LogP contribution is -2.27. The number of rotatable bonds is 29. The summed E-state index contributed by atoms with van der Waals surface area (Å²) in [5, 5.41) is 2.74. The standard InChI is InChI=1S/C28H35NO8S.C9H17NO4/c1-3-14-34-16-18-36-20-21-37-19-17-35-15-13-29-28(31)25-8-6-24(7-9-25)27(30)12-22-38(32,33)26-10-4-23(2)5-11-26;1-2-3-11-4-5-12-6-7-13-8-9-14-10/h1,4-11H,12-22H2,2H3,(H,29,31);1H,3-10H2. The minimum Gasteiger partial charge on any atom is -0.377 e. The third-order valence-electron chi connectivity index (χ3n) is 6.56. The van der Waals surface area contributed by atoms with E-state index < -0.39 is 9.84 Å². The fourth-order valence-electron chi connectivity index (χ4n) is 3.85. The number of amides is 1. The molecule has 52 heavy (non-hydrogen) atoms. The summed E-state index contributed by atoms with van der Waals surface area (Å²) >= 11 is 0. The number of aryl methyl sites for hydroxylation is 1. The number of ether oxygens (including phenoxy) is 7. The summed E-state index contributed by atoms with van der Waals surface area (Å²) in [5.74, 6) is 8.65. The first-order valence-electron chi connectivity index (χ1n) is 16.7. The number of ketones is 1. The van der Waals surface area contributed by atoms with Crippen molar-refractivity contribution in [3.05, 3.63) is 65.2 Å². The van der Waals surface area contributed by atoms with Gasteiger partial charge in [-0.3, -0.25) is 9.59 Å². The number of terminal acetylenes is 2. The zero-order valence-electron chi connectivity index (χ0n) is 29.9. The van der Waals surface area contributed by atoms with Crippen molar-refractivity contribution >= 4 is 21.5 Å². The normalized spacial score (nSPS) is 10.8. The van der Waals surface area contributed by atoms with Gasteiger partial charge in [0, 0.05) is 24.1 Å². The Morgan fingerprint density at radius 2 is 1.06 bits per heavy atom. The maximum absolute atomic E-state index is 12.5. The lowest BCUT2D eigenvalue weighted by atomic mass is 10.1. The Bertz CT molecular complexity index is 1420. The minimum absolute atomic E-state index is 0.141. The van der Waals surface area contributed by atoms with Gasteiger partial charge in [-0.25, -0.2) is 14.3 Å². The molecule has 0 aliphatic rings. The summed E-state index contributed by atoms with van der Waals surface area (Å²) in [6, 6.07) is 12.7. The molecule has 0 saturated heterocycles. The maximum Gasteiger partial charge on any atom is 0.251 e. The smallest absolute Gasteiger partial charge is 0.251 e. The Hall–Kier alpha value is -3.71. The first kappa shape index (κ1) is 46.3. The van der Waals surface area contributed by atoms with Gasteiger partial charge in [0.1, 0.15) is 13.2 Å². The Kier molecular flexibility index (Phi) is 27.5. The highest BCUT2D eigenvalue weighted by atomic mass is 32.2. The first-order valence-corrected chi connectivity index (χ1v) is 18.3. The average molecular weight is 749 g/mol. The first-order chi connectivity index (χ1) is 25.2. The third kappa shape index (κ3) is 23.7. The van der Waals surface area contributed by atoms with Crippen LogP contribution in [-0.2, 0) is 47.8 Å². The molecule has 288 valence electrons. The molecule has 3 N–H and O–H groups in total.